The number of amides is 1. The fraction of sp³-hybridized carbons (Fsp3) is 0.500. The Bertz CT molecular complexity index is 541. The Morgan fingerprint density at radius 3 is 2.95 bits per heavy atom. The molecular formula is C14H16F2N2O3. The minimum atomic E-state index is -2.98. The van der Waals surface area contributed by atoms with Gasteiger partial charge in [-0.15, -0.1) is 0 Å². The molecule has 2 fully saturated rings. The molecule has 1 aliphatic carbocycles. The van der Waals surface area contributed by atoms with Crippen molar-refractivity contribution in [2.24, 2.45) is 11.7 Å². The zero-order valence-corrected chi connectivity index (χ0v) is 11.2. The summed E-state index contributed by atoms with van der Waals surface area (Å²) in [7, 11) is 0. The summed E-state index contributed by atoms with van der Waals surface area (Å²) in [5.74, 6) is -0.370. The van der Waals surface area contributed by atoms with Gasteiger partial charge in [0.2, 0.25) is 0 Å². The Kier molecular flexibility index (Phi) is 3.77. The quantitative estimate of drug-likeness (QED) is 0.874. The number of fused-ring (bicyclic) bond motifs is 1. The molecule has 1 aromatic carbocycles. The number of benzene rings is 1. The van der Waals surface area contributed by atoms with Gasteiger partial charge in [-0.3, -0.25) is 4.79 Å². The van der Waals surface area contributed by atoms with Gasteiger partial charge >= 0.3 is 6.61 Å². The topological polar surface area (TPSA) is 73.6 Å². The standard InChI is InChI=1S/C14H16F2N2O3/c15-14(16)21-9-4-2-1-3-7(9)13(19)18-11-10(17)8-5-6-20-12(8)11/h1-4,8,10-12,14H,5-6,17H2,(H,18,19). The molecule has 4 atom stereocenters. The summed E-state index contributed by atoms with van der Waals surface area (Å²) in [4.78, 5) is 12.2. The normalized spacial score (nSPS) is 30.7. The minimum Gasteiger partial charge on any atom is -0.434 e. The van der Waals surface area contributed by atoms with Crippen LogP contribution in [0.2, 0.25) is 0 Å². The van der Waals surface area contributed by atoms with Gasteiger partial charge in [-0.2, -0.15) is 8.78 Å². The maximum absolute atomic E-state index is 12.3. The average Bonchev–Trinajstić information content (AvgIpc) is 2.89. The van der Waals surface area contributed by atoms with Crippen molar-refractivity contribution in [3.63, 3.8) is 0 Å². The summed E-state index contributed by atoms with van der Waals surface area (Å²) in [5.41, 5.74) is 6.07. The van der Waals surface area contributed by atoms with Gasteiger partial charge in [0.1, 0.15) is 5.75 Å². The van der Waals surface area contributed by atoms with Gasteiger partial charge in [-0.05, 0) is 18.6 Å². The lowest BCUT2D eigenvalue weighted by molar-refractivity contribution is -0.0503. The van der Waals surface area contributed by atoms with Gasteiger partial charge in [0.05, 0.1) is 17.7 Å². The first-order valence-corrected chi connectivity index (χ1v) is 6.80. The zero-order valence-electron chi connectivity index (χ0n) is 11.2. The third-order valence-electron chi connectivity index (χ3n) is 4.09. The molecule has 1 amide bonds. The van der Waals surface area contributed by atoms with E-state index in [1.807, 2.05) is 0 Å². The van der Waals surface area contributed by atoms with Crippen LogP contribution >= 0.6 is 0 Å². The molecule has 3 N–H and O–H groups in total. The number of nitrogens with two attached hydrogens (primary N) is 1. The van der Waals surface area contributed by atoms with E-state index >= 15 is 0 Å². The Balaban J connectivity index is 1.71. The number of hydrogen-bond donors (Lipinski definition) is 2. The van der Waals surface area contributed by atoms with Crippen LogP contribution < -0.4 is 15.8 Å². The molecule has 0 bridgehead atoms. The second-order valence-electron chi connectivity index (χ2n) is 5.24. The number of carbonyl (C=O) groups excluding carboxylic acids is 1. The van der Waals surface area contributed by atoms with E-state index in [2.05, 4.69) is 10.1 Å². The molecule has 7 heteroatoms. The Labute approximate surface area is 120 Å². The van der Waals surface area contributed by atoms with Crippen molar-refractivity contribution < 1.29 is 23.0 Å². The summed E-state index contributed by atoms with van der Waals surface area (Å²) >= 11 is 0. The van der Waals surface area contributed by atoms with E-state index in [9.17, 15) is 13.6 Å². The van der Waals surface area contributed by atoms with E-state index in [-0.39, 0.29) is 35.4 Å². The highest BCUT2D eigenvalue weighted by Crippen LogP contribution is 2.38. The number of carbonyl (C=O) groups is 1. The van der Waals surface area contributed by atoms with E-state index in [0.29, 0.717) is 6.61 Å². The third-order valence-corrected chi connectivity index (χ3v) is 4.09. The van der Waals surface area contributed by atoms with Crippen molar-refractivity contribution in [2.45, 2.75) is 31.2 Å². The van der Waals surface area contributed by atoms with Crippen molar-refractivity contribution in [1.29, 1.82) is 0 Å². The highest BCUT2D eigenvalue weighted by Gasteiger charge is 2.52. The molecule has 4 unspecified atom stereocenters. The number of rotatable bonds is 4. The number of para-hydroxylation sites is 1. The van der Waals surface area contributed by atoms with Gasteiger partial charge < -0.3 is 20.5 Å². The average molecular weight is 298 g/mol. The third kappa shape index (κ3) is 2.58. The van der Waals surface area contributed by atoms with Crippen LogP contribution in [0, 0.1) is 5.92 Å². The summed E-state index contributed by atoms with van der Waals surface area (Å²) in [6, 6.07) is 5.43. The molecule has 5 nitrogen and oxygen atoms in total. The lowest BCUT2D eigenvalue weighted by atomic mass is 9.72. The number of alkyl halides is 2. The van der Waals surface area contributed by atoms with Gasteiger partial charge in [-0.1, -0.05) is 12.1 Å². The zero-order chi connectivity index (χ0) is 15.0. The summed E-state index contributed by atoms with van der Waals surface area (Å²) in [6.07, 6.45) is 0.815. The number of hydrogen-bond acceptors (Lipinski definition) is 4. The van der Waals surface area contributed by atoms with E-state index in [1.54, 1.807) is 6.07 Å². The van der Waals surface area contributed by atoms with Crippen molar-refractivity contribution in [3.05, 3.63) is 29.8 Å². The number of halogens is 2. The van der Waals surface area contributed by atoms with Gasteiger partial charge in [0, 0.05) is 18.6 Å². The molecule has 0 spiro atoms. The summed E-state index contributed by atoms with van der Waals surface area (Å²) < 4.78 is 34.6. The summed E-state index contributed by atoms with van der Waals surface area (Å²) in [5, 5.41) is 2.75. The molecule has 114 valence electrons. The molecule has 1 aromatic rings. The van der Waals surface area contributed by atoms with Crippen LogP contribution in [0.25, 0.3) is 0 Å². The highest BCUT2D eigenvalue weighted by molar-refractivity contribution is 5.97. The molecule has 3 rings (SSSR count). The summed E-state index contributed by atoms with van der Waals surface area (Å²) in [6.45, 7) is -2.34. The molecule has 0 radical (unpaired) electrons. The maximum atomic E-state index is 12.3. The smallest absolute Gasteiger partial charge is 0.387 e. The molecule has 0 aromatic heterocycles. The van der Waals surface area contributed by atoms with Crippen LogP contribution in [0.15, 0.2) is 24.3 Å². The molecule has 1 heterocycles. The highest BCUT2D eigenvalue weighted by atomic mass is 19.3. The van der Waals surface area contributed by atoms with E-state index in [1.165, 1.54) is 18.2 Å². The van der Waals surface area contributed by atoms with E-state index < -0.39 is 12.5 Å². The first-order valence-electron chi connectivity index (χ1n) is 6.80. The van der Waals surface area contributed by atoms with Crippen molar-refractivity contribution >= 4 is 5.91 Å². The van der Waals surface area contributed by atoms with Crippen LogP contribution in [-0.4, -0.2) is 37.3 Å². The molecule has 21 heavy (non-hydrogen) atoms. The SMILES string of the molecule is NC1C2CCOC2C1NC(=O)c1ccccc1OC(F)F. The second-order valence-corrected chi connectivity index (χ2v) is 5.24. The van der Waals surface area contributed by atoms with E-state index in [0.717, 1.165) is 6.42 Å². The Morgan fingerprint density at radius 1 is 1.43 bits per heavy atom. The van der Waals surface area contributed by atoms with Gasteiger partial charge in [0.15, 0.2) is 0 Å². The van der Waals surface area contributed by atoms with Crippen molar-refractivity contribution in [2.75, 3.05) is 6.61 Å². The maximum Gasteiger partial charge on any atom is 0.387 e. The van der Waals surface area contributed by atoms with Crippen molar-refractivity contribution in [1.82, 2.24) is 5.32 Å². The molecule has 1 saturated heterocycles. The first-order chi connectivity index (χ1) is 10.1. The van der Waals surface area contributed by atoms with Gasteiger partial charge in [0.25, 0.3) is 5.91 Å². The predicted molar refractivity (Wildman–Crippen MR) is 70.2 cm³/mol. The van der Waals surface area contributed by atoms with Crippen LogP contribution in [0.3, 0.4) is 0 Å². The molecule has 2 aliphatic rings. The lowest BCUT2D eigenvalue weighted by Crippen LogP contribution is -2.68. The lowest BCUT2D eigenvalue weighted by Gasteiger charge is -2.45. The van der Waals surface area contributed by atoms with Crippen LogP contribution in [0.1, 0.15) is 16.8 Å². The second kappa shape index (κ2) is 5.57. The number of nitrogens with one attached hydrogen (secondary N) is 1. The predicted octanol–water partition coefficient (Wildman–Crippen LogP) is 1.13. The molecular weight excluding hydrogens is 282 g/mol. The van der Waals surface area contributed by atoms with Gasteiger partial charge in [-0.25, -0.2) is 0 Å². The monoisotopic (exact) mass is 298 g/mol. The minimum absolute atomic E-state index is 0.0615. The number of ether oxygens (including phenoxy) is 2. The molecule has 1 aliphatic heterocycles. The van der Waals surface area contributed by atoms with Crippen molar-refractivity contribution in [3.8, 4) is 5.75 Å². The first kappa shape index (κ1) is 14.2. The largest absolute Gasteiger partial charge is 0.434 e. The Morgan fingerprint density at radius 2 is 2.19 bits per heavy atom. The van der Waals surface area contributed by atoms with Crippen LogP contribution in [0.5, 0.6) is 5.75 Å². The van der Waals surface area contributed by atoms with Crippen LogP contribution in [-0.2, 0) is 4.74 Å². The van der Waals surface area contributed by atoms with E-state index in [4.69, 9.17) is 10.5 Å². The fourth-order valence-electron chi connectivity index (χ4n) is 3.01. The molecule has 1 saturated carbocycles. The Hall–Kier alpha value is -1.73. The fourth-order valence-corrected chi connectivity index (χ4v) is 3.01. The van der Waals surface area contributed by atoms with Crippen LogP contribution in [0.4, 0.5) is 8.78 Å².